The summed E-state index contributed by atoms with van der Waals surface area (Å²) < 4.78 is 27.5. The first-order valence-electron chi connectivity index (χ1n) is 7.71. The fraction of sp³-hybridized carbons (Fsp3) is 0.278. The standard InChI is InChI=1S/C18H19NO3S/c1-13(20)14-7-10-18(11-8-14)23(21,22)19-17-9-6-15-4-2-3-5-16(15)12-17/h6-12,19H,2-5H2,1H3. The Labute approximate surface area is 136 Å². The molecule has 0 spiro atoms. The molecule has 2 aromatic carbocycles. The van der Waals surface area contributed by atoms with Gasteiger partial charge in [-0.25, -0.2) is 8.42 Å². The van der Waals surface area contributed by atoms with Gasteiger partial charge in [0, 0.05) is 11.3 Å². The van der Waals surface area contributed by atoms with E-state index in [9.17, 15) is 13.2 Å². The number of ketones is 1. The molecule has 0 amide bonds. The molecule has 0 atom stereocenters. The summed E-state index contributed by atoms with van der Waals surface area (Å²) in [4.78, 5) is 11.4. The van der Waals surface area contributed by atoms with Gasteiger partial charge in [0.1, 0.15) is 0 Å². The molecule has 5 heteroatoms. The third kappa shape index (κ3) is 3.45. The molecular formula is C18H19NO3S. The Kier molecular flexibility index (Phi) is 4.22. The number of benzene rings is 2. The number of anilines is 1. The number of fused-ring (bicyclic) bond motifs is 1. The number of nitrogens with one attached hydrogen (secondary N) is 1. The number of carbonyl (C=O) groups is 1. The quantitative estimate of drug-likeness (QED) is 0.872. The topological polar surface area (TPSA) is 63.2 Å². The number of aryl methyl sites for hydroxylation is 2. The Balaban J connectivity index is 1.84. The molecule has 0 saturated carbocycles. The SMILES string of the molecule is CC(=O)c1ccc(S(=O)(=O)Nc2ccc3c(c2)CCCC3)cc1. The molecule has 2 aromatic rings. The zero-order valence-corrected chi connectivity index (χ0v) is 13.8. The van der Waals surface area contributed by atoms with E-state index in [1.54, 1.807) is 0 Å². The summed E-state index contributed by atoms with van der Waals surface area (Å²) in [5.41, 5.74) is 3.62. The smallest absolute Gasteiger partial charge is 0.261 e. The first-order chi connectivity index (χ1) is 11.0. The van der Waals surface area contributed by atoms with Crippen LogP contribution in [0.15, 0.2) is 47.4 Å². The molecule has 1 N–H and O–H groups in total. The second-order valence-corrected chi connectivity index (χ2v) is 7.56. The third-order valence-corrected chi connectivity index (χ3v) is 5.57. The molecule has 0 unspecified atom stereocenters. The zero-order valence-electron chi connectivity index (χ0n) is 13.0. The van der Waals surface area contributed by atoms with Gasteiger partial charge in [-0.05, 0) is 68.0 Å². The van der Waals surface area contributed by atoms with E-state index in [2.05, 4.69) is 4.72 Å². The maximum absolute atomic E-state index is 12.5. The van der Waals surface area contributed by atoms with Gasteiger partial charge in [-0.15, -0.1) is 0 Å². The first-order valence-corrected chi connectivity index (χ1v) is 9.20. The summed E-state index contributed by atoms with van der Waals surface area (Å²) in [6.45, 7) is 1.45. The molecule has 3 rings (SSSR count). The lowest BCUT2D eigenvalue weighted by Gasteiger charge is -2.17. The molecular weight excluding hydrogens is 310 g/mol. The van der Waals surface area contributed by atoms with Crippen molar-refractivity contribution in [1.82, 2.24) is 0 Å². The summed E-state index contributed by atoms with van der Waals surface area (Å²) >= 11 is 0. The van der Waals surface area contributed by atoms with Crippen molar-refractivity contribution in [2.45, 2.75) is 37.5 Å². The summed E-state index contributed by atoms with van der Waals surface area (Å²) in [6.07, 6.45) is 4.41. The Morgan fingerprint density at radius 2 is 1.61 bits per heavy atom. The van der Waals surface area contributed by atoms with Crippen LogP contribution in [0.4, 0.5) is 5.69 Å². The van der Waals surface area contributed by atoms with Crippen molar-refractivity contribution in [3.63, 3.8) is 0 Å². The number of rotatable bonds is 4. The van der Waals surface area contributed by atoms with Crippen molar-refractivity contribution >= 4 is 21.5 Å². The molecule has 0 aliphatic heterocycles. The van der Waals surface area contributed by atoms with Gasteiger partial charge in [-0.3, -0.25) is 9.52 Å². The van der Waals surface area contributed by atoms with Gasteiger partial charge in [0.25, 0.3) is 10.0 Å². The second-order valence-electron chi connectivity index (χ2n) is 5.88. The minimum Gasteiger partial charge on any atom is -0.295 e. The molecule has 0 bridgehead atoms. The van der Waals surface area contributed by atoms with Gasteiger partial charge in [0.05, 0.1) is 4.90 Å². The Morgan fingerprint density at radius 3 is 2.26 bits per heavy atom. The van der Waals surface area contributed by atoms with Crippen LogP contribution in [0.1, 0.15) is 41.3 Å². The molecule has 0 heterocycles. The Morgan fingerprint density at radius 1 is 0.957 bits per heavy atom. The van der Waals surface area contributed by atoms with Crippen LogP contribution in [0.3, 0.4) is 0 Å². The molecule has 0 radical (unpaired) electrons. The van der Waals surface area contributed by atoms with Gasteiger partial charge < -0.3 is 0 Å². The van der Waals surface area contributed by atoms with Crippen LogP contribution in [-0.2, 0) is 22.9 Å². The summed E-state index contributed by atoms with van der Waals surface area (Å²) in [5, 5.41) is 0. The van der Waals surface area contributed by atoms with Crippen molar-refractivity contribution in [3.05, 3.63) is 59.2 Å². The Bertz CT molecular complexity index is 839. The molecule has 1 aliphatic rings. The van der Waals surface area contributed by atoms with Crippen LogP contribution in [-0.4, -0.2) is 14.2 Å². The van der Waals surface area contributed by atoms with E-state index in [4.69, 9.17) is 0 Å². The normalized spacial score (nSPS) is 14.1. The van der Waals surface area contributed by atoms with Crippen LogP contribution in [0.5, 0.6) is 0 Å². The predicted octanol–water partition coefficient (Wildman–Crippen LogP) is 3.57. The highest BCUT2D eigenvalue weighted by Gasteiger charge is 2.16. The molecule has 120 valence electrons. The van der Waals surface area contributed by atoms with E-state index in [0.29, 0.717) is 11.3 Å². The van der Waals surface area contributed by atoms with Crippen molar-refractivity contribution in [2.75, 3.05) is 4.72 Å². The van der Waals surface area contributed by atoms with E-state index in [1.807, 2.05) is 18.2 Å². The van der Waals surface area contributed by atoms with Gasteiger partial charge in [0.15, 0.2) is 5.78 Å². The van der Waals surface area contributed by atoms with Crippen LogP contribution in [0.25, 0.3) is 0 Å². The lowest BCUT2D eigenvalue weighted by Crippen LogP contribution is -2.14. The van der Waals surface area contributed by atoms with Crippen LogP contribution in [0.2, 0.25) is 0 Å². The maximum atomic E-state index is 12.5. The monoisotopic (exact) mass is 329 g/mol. The number of sulfonamides is 1. The first kappa shape index (κ1) is 15.7. The van der Waals surface area contributed by atoms with Crippen LogP contribution in [0, 0.1) is 0 Å². The van der Waals surface area contributed by atoms with E-state index < -0.39 is 10.0 Å². The molecule has 0 fully saturated rings. The maximum Gasteiger partial charge on any atom is 0.261 e. The highest BCUT2D eigenvalue weighted by atomic mass is 32.2. The van der Waals surface area contributed by atoms with E-state index in [-0.39, 0.29) is 10.7 Å². The molecule has 1 aliphatic carbocycles. The van der Waals surface area contributed by atoms with E-state index in [1.165, 1.54) is 48.7 Å². The number of Topliss-reactive ketones (excluding diaryl/α,β-unsaturated/α-hetero) is 1. The van der Waals surface area contributed by atoms with Crippen LogP contribution >= 0.6 is 0 Å². The largest absolute Gasteiger partial charge is 0.295 e. The second kappa shape index (κ2) is 6.16. The van der Waals surface area contributed by atoms with Gasteiger partial charge >= 0.3 is 0 Å². The van der Waals surface area contributed by atoms with Crippen molar-refractivity contribution in [3.8, 4) is 0 Å². The van der Waals surface area contributed by atoms with Gasteiger partial charge in [0.2, 0.25) is 0 Å². The van der Waals surface area contributed by atoms with E-state index in [0.717, 1.165) is 19.3 Å². The lowest BCUT2D eigenvalue weighted by atomic mass is 9.91. The van der Waals surface area contributed by atoms with Crippen molar-refractivity contribution in [2.24, 2.45) is 0 Å². The average Bonchev–Trinajstić information content (AvgIpc) is 2.54. The fourth-order valence-electron chi connectivity index (χ4n) is 2.88. The lowest BCUT2D eigenvalue weighted by molar-refractivity contribution is 0.101. The van der Waals surface area contributed by atoms with Crippen molar-refractivity contribution in [1.29, 1.82) is 0 Å². The van der Waals surface area contributed by atoms with Crippen LogP contribution < -0.4 is 4.72 Å². The average molecular weight is 329 g/mol. The highest BCUT2D eigenvalue weighted by molar-refractivity contribution is 7.92. The predicted molar refractivity (Wildman–Crippen MR) is 90.3 cm³/mol. The number of carbonyl (C=O) groups excluding carboxylic acids is 1. The Hall–Kier alpha value is -2.14. The zero-order chi connectivity index (χ0) is 16.4. The van der Waals surface area contributed by atoms with E-state index >= 15 is 0 Å². The summed E-state index contributed by atoms with van der Waals surface area (Å²) in [7, 11) is -3.64. The molecule has 23 heavy (non-hydrogen) atoms. The van der Waals surface area contributed by atoms with Crippen molar-refractivity contribution < 1.29 is 13.2 Å². The number of hydrogen-bond acceptors (Lipinski definition) is 3. The highest BCUT2D eigenvalue weighted by Crippen LogP contribution is 2.25. The summed E-state index contributed by atoms with van der Waals surface area (Å²) in [5.74, 6) is -0.0865. The van der Waals surface area contributed by atoms with Gasteiger partial charge in [-0.2, -0.15) is 0 Å². The molecule has 0 aromatic heterocycles. The fourth-order valence-corrected chi connectivity index (χ4v) is 3.93. The van der Waals surface area contributed by atoms with Gasteiger partial charge in [-0.1, -0.05) is 18.2 Å². The minimum atomic E-state index is -3.64. The summed E-state index contributed by atoms with van der Waals surface area (Å²) in [6, 6.07) is 11.7. The molecule has 4 nitrogen and oxygen atoms in total. The number of hydrogen-bond donors (Lipinski definition) is 1. The molecule has 0 saturated heterocycles. The minimum absolute atomic E-state index is 0.0865. The third-order valence-electron chi connectivity index (χ3n) is 4.17.